The van der Waals surface area contributed by atoms with E-state index < -0.39 is 0 Å². The minimum atomic E-state index is 0.0738. The molecule has 1 atom stereocenters. The molecule has 0 unspecified atom stereocenters. The number of rotatable bonds is 5. The summed E-state index contributed by atoms with van der Waals surface area (Å²) in [7, 11) is 0. The molecule has 0 aliphatic carbocycles. The van der Waals surface area contributed by atoms with Gasteiger partial charge in [-0.15, -0.1) is 0 Å². The smallest absolute Gasteiger partial charge is 0.248 e. The minimum absolute atomic E-state index is 0.0738. The van der Waals surface area contributed by atoms with Gasteiger partial charge in [0.1, 0.15) is 12.4 Å². The molecule has 2 aliphatic rings. The van der Waals surface area contributed by atoms with E-state index in [0.717, 1.165) is 25.5 Å². The van der Waals surface area contributed by atoms with Gasteiger partial charge < -0.3 is 19.1 Å². The molecule has 6 nitrogen and oxygen atoms in total. The number of carbonyl (C=O) groups is 1. The molecule has 1 amide bonds. The van der Waals surface area contributed by atoms with Crippen molar-refractivity contribution < 1.29 is 9.53 Å². The van der Waals surface area contributed by atoms with Crippen molar-refractivity contribution in [3.63, 3.8) is 0 Å². The molecule has 2 aliphatic heterocycles. The van der Waals surface area contributed by atoms with Gasteiger partial charge in [-0.05, 0) is 32.9 Å². The number of hydrogen-bond donors (Lipinski definition) is 0. The molecule has 0 saturated carbocycles. The molecule has 0 radical (unpaired) electrons. The van der Waals surface area contributed by atoms with Gasteiger partial charge in [0.15, 0.2) is 0 Å². The molecule has 3 heterocycles. The van der Waals surface area contributed by atoms with Gasteiger partial charge >= 0.3 is 0 Å². The molecule has 1 aromatic heterocycles. The Morgan fingerprint density at radius 2 is 2.18 bits per heavy atom. The van der Waals surface area contributed by atoms with Crippen LogP contribution in [-0.2, 0) is 22.6 Å². The van der Waals surface area contributed by atoms with Crippen LogP contribution in [0.5, 0.6) is 0 Å². The summed E-state index contributed by atoms with van der Waals surface area (Å²) in [6, 6.07) is 0. The Morgan fingerprint density at radius 3 is 2.95 bits per heavy atom. The maximum absolute atomic E-state index is 12.4. The Kier molecular flexibility index (Phi) is 5.10. The van der Waals surface area contributed by atoms with E-state index in [-0.39, 0.29) is 12.5 Å². The third-order valence-corrected chi connectivity index (χ3v) is 4.56. The number of ether oxygens (including phenoxy) is 1. The number of imidazole rings is 1. The van der Waals surface area contributed by atoms with E-state index in [1.807, 2.05) is 24.2 Å². The van der Waals surface area contributed by atoms with Crippen LogP contribution in [0.4, 0.5) is 0 Å². The highest BCUT2D eigenvalue weighted by atomic mass is 16.5. The second-order valence-corrected chi connectivity index (χ2v) is 6.28. The van der Waals surface area contributed by atoms with Gasteiger partial charge in [-0.2, -0.15) is 0 Å². The molecule has 0 spiro atoms. The largest absolute Gasteiger partial charge is 0.372 e. The zero-order valence-corrected chi connectivity index (χ0v) is 13.4. The van der Waals surface area contributed by atoms with E-state index in [1.165, 1.54) is 25.9 Å². The Labute approximate surface area is 132 Å². The highest BCUT2D eigenvalue weighted by Crippen LogP contribution is 2.19. The molecule has 122 valence electrons. The number of nitrogens with zero attached hydrogens (tertiary/aromatic N) is 4. The van der Waals surface area contributed by atoms with Gasteiger partial charge in [0.2, 0.25) is 5.91 Å². The molecular weight excluding hydrogens is 280 g/mol. The zero-order valence-electron chi connectivity index (χ0n) is 13.4. The second-order valence-electron chi connectivity index (χ2n) is 6.28. The fourth-order valence-corrected chi connectivity index (χ4v) is 3.46. The molecular formula is C16H26N4O2. The van der Waals surface area contributed by atoms with E-state index in [4.69, 9.17) is 4.74 Å². The fraction of sp³-hybridized carbons (Fsp3) is 0.750. The quantitative estimate of drug-likeness (QED) is 0.813. The van der Waals surface area contributed by atoms with Crippen molar-refractivity contribution in [2.24, 2.45) is 5.92 Å². The topological polar surface area (TPSA) is 50.6 Å². The first-order chi connectivity index (χ1) is 10.8. The lowest BCUT2D eigenvalue weighted by atomic mass is 10.1. The van der Waals surface area contributed by atoms with E-state index in [9.17, 15) is 4.79 Å². The van der Waals surface area contributed by atoms with E-state index in [0.29, 0.717) is 19.1 Å². The summed E-state index contributed by atoms with van der Waals surface area (Å²) in [5.74, 6) is 1.51. The molecule has 1 saturated heterocycles. The number of fused-ring (bicyclic) bond motifs is 1. The number of hydrogen-bond acceptors (Lipinski definition) is 4. The molecule has 1 fully saturated rings. The first-order valence-corrected chi connectivity index (χ1v) is 8.34. The van der Waals surface area contributed by atoms with Crippen LogP contribution in [0, 0.1) is 5.92 Å². The van der Waals surface area contributed by atoms with Crippen molar-refractivity contribution in [2.75, 3.05) is 39.4 Å². The van der Waals surface area contributed by atoms with Crippen LogP contribution in [0.3, 0.4) is 0 Å². The third kappa shape index (κ3) is 3.67. The number of aromatic nitrogens is 2. The predicted octanol–water partition coefficient (Wildman–Crippen LogP) is 0.974. The predicted molar refractivity (Wildman–Crippen MR) is 83.3 cm³/mol. The van der Waals surface area contributed by atoms with Crippen LogP contribution >= 0.6 is 0 Å². The average Bonchev–Trinajstić information content (AvgIpc) is 3.13. The lowest BCUT2D eigenvalue weighted by molar-refractivity contribution is -0.137. The van der Waals surface area contributed by atoms with Gasteiger partial charge in [-0.25, -0.2) is 4.98 Å². The summed E-state index contributed by atoms with van der Waals surface area (Å²) in [6.45, 7) is 8.46. The highest BCUT2D eigenvalue weighted by Gasteiger charge is 2.27. The first-order valence-electron chi connectivity index (χ1n) is 8.34. The zero-order chi connectivity index (χ0) is 15.4. The van der Waals surface area contributed by atoms with Gasteiger partial charge in [0.25, 0.3) is 0 Å². The maximum atomic E-state index is 12.4. The SMILES string of the molecule is CCOCC(=O)N1Cc2nccn2C[C@@H](CN2CCCC2)C1. The van der Waals surface area contributed by atoms with Crippen molar-refractivity contribution in [1.82, 2.24) is 19.4 Å². The Hall–Kier alpha value is -1.40. The van der Waals surface area contributed by atoms with Gasteiger partial charge in [-0.1, -0.05) is 0 Å². The highest BCUT2D eigenvalue weighted by molar-refractivity contribution is 5.77. The van der Waals surface area contributed by atoms with Crippen LogP contribution in [0.2, 0.25) is 0 Å². The Morgan fingerprint density at radius 1 is 1.36 bits per heavy atom. The Bertz CT molecular complexity index is 496. The van der Waals surface area contributed by atoms with Crippen molar-refractivity contribution in [3.8, 4) is 0 Å². The maximum Gasteiger partial charge on any atom is 0.248 e. The van der Waals surface area contributed by atoms with Crippen molar-refractivity contribution >= 4 is 5.91 Å². The first kappa shape index (κ1) is 15.5. The fourth-order valence-electron chi connectivity index (χ4n) is 3.46. The van der Waals surface area contributed by atoms with Crippen LogP contribution in [0.1, 0.15) is 25.6 Å². The van der Waals surface area contributed by atoms with Crippen LogP contribution in [0.15, 0.2) is 12.4 Å². The summed E-state index contributed by atoms with van der Waals surface area (Å²) in [5, 5.41) is 0. The molecule has 0 bridgehead atoms. The monoisotopic (exact) mass is 306 g/mol. The minimum Gasteiger partial charge on any atom is -0.372 e. The van der Waals surface area contributed by atoms with E-state index in [2.05, 4.69) is 14.5 Å². The molecule has 3 rings (SSSR count). The van der Waals surface area contributed by atoms with Crippen LogP contribution in [0.25, 0.3) is 0 Å². The Balaban J connectivity index is 1.69. The van der Waals surface area contributed by atoms with E-state index in [1.54, 1.807) is 0 Å². The molecule has 0 aromatic carbocycles. The van der Waals surface area contributed by atoms with Crippen LogP contribution in [-0.4, -0.2) is 64.7 Å². The number of likely N-dealkylation sites (tertiary alicyclic amines) is 1. The summed E-state index contributed by atoms with van der Waals surface area (Å²) in [6.07, 6.45) is 6.47. The summed E-state index contributed by atoms with van der Waals surface area (Å²) in [4.78, 5) is 21.2. The summed E-state index contributed by atoms with van der Waals surface area (Å²) in [5.41, 5.74) is 0. The molecule has 1 aromatic rings. The number of amides is 1. The lowest BCUT2D eigenvalue weighted by Crippen LogP contribution is -2.40. The summed E-state index contributed by atoms with van der Waals surface area (Å²) < 4.78 is 7.50. The normalized spacial score (nSPS) is 22.6. The lowest BCUT2D eigenvalue weighted by Gasteiger charge is -2.27. The number of carbonyl (C=O) groups excluding carboxylic acids is 1. The summed E-state index contributed by atoms with van der Waals surface area (Å²) >= 11 is 0. The van der Waals surface area contributed by atoms with Crippen molar-refractivity contribution in [2.45, 2.75) is 32.9 Å². The van der Waals surface area contributed by atoms with Gasteiger partial charge in [-0.3, -0.25) is 4.79 Å². The average molecular weight is 306 g/mol. The van der Waals surface area contributed by atoms with Crippen molar-refractivity contribution in [3.05, 3.63) is 18.2 Å². The third-order valence-electron chi connectivity index (χ3n) is 4.56. The standard InChI is InChI=1S/C16H26N4O2/c1-2-22-13-16(21)20-11-14(9-18-6-3-4-7-18)10-19-8-5-17-15(19)12-20/h5,8,14H,2-4,6-7,9-13H2,1H3/t14-/m1/s1. The van der Waals surface area contributed by atoms with E-state index >= 15 is 0 Å². The molecule has 0 N–H and O–H groups in total. The molecule has 22 heavy (non-hydrogen) atoms. The van der Waals surface area contributed by atoms with Crippen molar-refractivity contribution in [1.29, 1.82) is 0 Å². The van der Waals surface area contributed by atoms with Crippen LogP contribution < -0.4 is 0 Å². The second kappa shape index (κ2) is 7.24. The van der Waals surface area contributed by atoms with Gasteiger partial charge in [0.05, 0.1) is 6.54 Å². The van der Waals surface area contributed by atoms with Gasteiger partial charge in [0, 0.05) is 44.6 Å². The molecule has 6 heteroatoms.